The van der Waals surface area contributed by atoms with Gasteiger partial charge in [0.25, 0.3) is 0 Å². The van der Waals surface area contributed by atoms with Gasteiger partial charge < -0.3 is 9.15 Å². The monoisotopic (exact) mass is 750 g/mol. The van der Waals surface area contributed by atoms with Crippen molar-refractivity contribution in [2.24, 2.45) is 5.92 Å². The fourth-order valence-electron chi connectivity index (χ4n) is 10.6. The summed E-state index contributed by atoms with van der Waals surface area (Å²) in [4.78, 5) is 26.5. The van der Waals surface area contributed by atoms with Gasteiger partial charge >= 0.3 is 11.6 Å². The molecular weight excluding hydrogens is 713 g/mol. The van der Waals surface area contributed by atoms with Crippen LogP contribution in [0.15, 0.2) is 166 Å². The first-order valence-corrected chi connectivity index (χ1v) is 20.1. The van der Waals surface area contributed by atoms with Crippen LogP contribution in [-0.2, 0) is 20.4 Å². The molecule has 2 heterocycles. The van der Waals surface area contributed by atoms with Gasteiger partial charge in [-0.15, -0.1) is 0 Å². The number of carbonyl (C=O) groups is 1. The molecule has 12 rings (SSSR count). The quantitative estimate of drug-likeness (QED) is 0.100. The summed E-state index contributed by atoms with van der Waals surface area (Å²) in [6, 6.07) is 36.7. The zero-order chi connectivity index (χ0) is 39.2. The summed E-state index contributed by atoms with van der Waals surface area (Å²) in [5.74, 6) is -0.640. The van der Waals surface area contributed by atoms with Crippen molar-refractivity contribution in [1.82, 2.24) is 0 Å². The zero-order valence-corrected chi connectivity index (χ0v) is 32.6. The highest BCUT2D eigenvalue weighted by atomic mass is 16.5. The number of hydrogen-bond donors (Lipinski definition) is 0. The first-order valence-electron chi connectivity index (χ1n) is 20.1. The lowest BCUT2D eigenvalue weighted by molar-refractivity contribution is -0.148. The van der Waals surface area contributed by atoms with Crippen LogP contribution in [0.5, 0.6) is 0 Å². The van der Waals surface area contributed by atoms with Crippen molar-refractivity contribution in [3.05, 3.63) is 195 Å². The molecule has 58 heavy (non-hydrogen) atoms. The summed E-state index contributed by atoms with van der Waals surface area (Å²) < 4.78 is 11.6. The lowest BCUT2D eigenvalue weighted by Crippen LogP contribution is -2.32. The Morgan fingerprint density at radius 3 is 2.09 bits per heavy atom. The molecule has 0 bridgehead atoms. The molecule has 4 heteroatoms. The summed E-state index contributed by atoms with van der Waals surface area (Å²) in [5, 5.41) is 4.82. The number of hydrogen-bond acceptors (Lipinski definition) is 4. The number of carbonyl (C=O) groups excluding carboxylic acids is 1. The van der Waals surface area contributed by atoms with Crippen LogP contribution in [0.4, 0.5) is 0 Å². The Morgan fingerprint density at radius 1 is 0.534 bits per heavy atom. The van der Waals surface area contributed by atoms with Crippen molar-refractivity contribution >= 4 is 44.1 Å². The summed E-state index contributed by atoms with van der Waals surface area (Å²) in [6.45, 7) is 9.36. The lowest BCUT2D eigenvalue weighted by atomic mass is 9.78. The van der Waals surface area contributed by atoms with Gasteiger partial charge in [0, 0.05) is 21.8 Å². The van der Waals surface area contributed by atoms with Gasteiger partial charge in [-0.25, -0.2) is 4.79 Å². The molecule has 2 unspecified atom stereocenters. The number of allylic oxidation sites excluding steroid dienone is 5. The fourth-order valence-corrected chi connectivity index (χ4v) is 10.6. The first-order chi connectivity index (χ1) is 28.1. The van der Waals surface area contributed by atoms with Gasteiger partial charge in [0.2, 0.25) is 0 Å². The van der Waals surface area contributed by atoms with Gasteiger partial charge in [0.05, 0.1) is 5.39 Å². The van der Waals surface area contributed by atoms with Crippen molar-refractivity contribution in [3.63, 3.8) is 0 Å². The fraction of sp³-hybridized carbons (Fsp3) is 0.148. The molecule has 0 N–H and O–H groups in total. The van der Waals surface area contributed by atoms with Crippen LogP contribution in [0.3, 0.4) is 0 Å². The second-order valence-electron chi connectivity index (χ2n) is 17.4. The van der Waals surface area contributed by atoms with Gasteiger partial charge in [0.15, 0.2) is 0 Å². The Balaban J connectivity index is 0.974. The van der Waals surface area contributed by atoms with Gasteiger partial charge in [-0.3, -0.25) is 4.79 Å². The van der Waals surface area contributed by atoms with Crippen LogP contribution < -0.4 is 5.63 Å². The Kier molecular flexibility index (Phi) is 6.57. The third-order valence-corrected chi connectivity index (χ3v) is 13.7. The molecule has 0 saturated heterocycles. The SMILES string of the molecule is CC1(C)c2cc(-c3ccc4c(c3)c(=O)oc3ccccc34)ccc2-c2cc3c(cc21)-c1c(cc(C2=CC4C(=O)OC5C=CC=CC5=C4C=C2)c2ccccc12)C3(C)C. The topological polar surface area (TPSA) is 56.5 Å². The number of ether oxygens (including phenoxy) is 1. The molecule has 5 aliphatic rings. The van der Waals surface area contributed by atoms with Crippen LogP contribution in [0, 0.1) is 5.92 Å². The second-order valence-corrected chi connectivity index (χ2v) is 17.4. The Morgan fingerprint density at radius 2 is 1.22 bits per heavy atom. The maximum Gasteiger partial charge on any atom is 0.344 e. The van der Waals surface area contributed by atoms with E-state index in [1.807, 2.05) is 48.6 Å². The predicted molar refractivity (Wildman–Crippen MR) is 234 cm³/mol. The van der Waals surface area contributed by atoms with E-state index in [2.05, 4.69) is 125 Å². The maximum absolute atomic E-state index is 13.4. The van der Waals surface area contributed by atoms with E-state index in [9.17, 15) is 9.59 Å². The van der Waals surface area contributed by atoms with E-state index < -0.39 is 5.92 Å². The highest BCUT2D eigenvalue weighted by Gasteiger charge is 2.43. The van der Waals surface area contributed by atoms with Crippen molar-refractivity contribution in [1.29, 1.82) is 0 Å². The predicted octanol–water partition coefficient (Wildman–Crippen LogP) is 12.3. The molecule has 0 radical (unpaired) electrons. The van der Waals surface area contributed by atoms with Gasteiger partial charge in [-0.1, -0.05) is 131 Å². The maximum atomic E-state index is 13.4. The minimum Gasteiger partial charge on any atom is -0.452 e. The summed E-state index contributed by atoms with van der Waals surface area (Å²) in [6.07, 6.45) is 14.1. The van der Waals surface area contributed by atoms with Crippen LogP contribution in [-0.4, -0.2) is 12.1 Å². The van der Waals surface area contributed by atoms with Crippen LogP contribution in [0.2, 0.25) is 0 Å². The largest absolute Gasteiger partial charge is 0.452 e. The van der Waals surface area contributed by atoms with Crippen molar-refractivity contribution < 1.29 is 13.9 Å². The second kappa shape index (κ2) is 11.4. The van der Waals surface area contributed by atoms with Crippen molar-refractivity contribution in [3.8, 4) is 33.4 Å². The Bertz CT molecular complexity index is 3300. The van der Waals surface area contributed by atoms with E-state index in [-0.39, 0.29) is 28.5 Å². The molecule has 0 amide bonds. The Labute approximate surface area is 335 Å². The van der Waals surface area contributed by atoms with Gasteiger partial charge in [-0.05, 0) is 131 Å². The molecule has 7 aromatic rings. The minimum absolute atomic E-state index is 0.202. The standard InChI is InChI=1S/C54H38O4/c1-53(2)44-25-30(29-17-20-33-36-12-7-9-15-48(36)57-51(55)41(33)23-29)18-22-35(44)40-27-46-43(28-45(40)53)50-38-14-6-5-11-32(38)39(26-47(50)54(46,3)4)31-19-21-34-37-13-8-10-16-49(37)58-52(56)42(34)24-31/h5-28,42,49H,1-4H3. The number of benzene rings is 6. The number of fused-ring (bicyclic) bond motifs is 13. The van der Waals surface area contributed by atoms with Crippen molar-refractivity contribution in [2.75, 3.05) is 0 Å². The summed E-state index contributed by atoms with van der Waals surface area (Å²) >= 11 is 0. The van der Waals surface area contributed by atoms with E-state index >= 15 is 0 Å². The van der Waals surface area contributed by atoms with E-state index in [0.29, 0.717) is 11.0 Å². The third-order valence-electron chi connectivity index (χ3n) is 13.7. The molecule has 4 nitrogen and oxygen atoms in total. The van der Waals surface area contributed by atoms with Crippen LogP contribution >= 0.6 is 0 Å². The Hall–Kier alpha value is -6.78. The minimum atomic E-state index is -0.438. The highest BCUT2D eigenvalue weighted by molar-refractivity contribution is 6.10. The van der Waals surface area contributed by atoms with E-state index in [1.165, 1.54) is 55.3 Å². The lowest BCUT2D eigenvalue weighted by Gasteiger charge is -2.31. The third kappa shape index (κ3) is 4.40. The molecule has 278 valence electrons. The number of esters is 1. The van der Waals surface area contributed by atoms with Gasteiger partial charge in [0.1, 0.15) is 17.6 Å². The van der Waals surface area contributed by atoms with Crippen molar-refractivity contribution in [2.45, 2.75) is 44.6 Å². The number of rotatable bonds is 2. The number of para-hydroxylation sites is 1. The molecule has 1 aromatic heterocycles. The average molecular weight is 751 g/mol. The first kappa shape index (κ1) is 33.4. The molecule has 0 saturated carbocycles. The smallest absolute Gasteiger partial charge is 0.344 e. The average Bonchev–Trinajstić information content (AvgIpc) is 3.61. The zero-order valence-electron chi connectivity index (χ0n) is 32.6. The molecule has 0 fully saturated rings. The van der Waals surface area contributed by atoms with E-state index in [4.69, 9.17) is 9.15 Å². The molecule has 4 aliphatic carbocycles. The van der Waals surface area contributed by atoms with E-state index in [0.717, 1.165) is 44.2 Å². The molecule has 2 atom stereocenters. The van der Waals surface area contributed by atoms with Gasteiger partial charge in [-0.2, -0.15) is 0 Å². The molecule has 0 spiro atoms. The molecule has 1 aliphatic heterocycles. The normalized spacial score (nSPS) is 20.1. The summed E-state index contributed by atoms with van der Waals surface area (Å²) in [5.41, 5.74) is 16.4. The molecule has 6 aromatic carbocycles. The summed E-state index contributed by atoms with van der Waals surface area (Å²) in [7, 11) is 0. The highest BCUT2D eigenvalue weighted by Crippen LogP contribution is 2.58. The molecular formula is C54H38O4. The van der Waals surface area contributed by atoms with E-state index in [1.54, 1.807) is 0 Å². The van der Waals surface area contributed by atoms with Crippen LogP contribution in [0.1, 0.15) is 55.5 Å². The van der Waals surface area contributed by atoms with Crippen LogP contribution in [0.25, 0.3) is 71.5 Å².